The van der Waals surface area contributed by atoms with E-state index in [2.05, 4.69) is 6.07 Å². The van der Waals surface area contributed by atoms with E-state index in [0.717, 1.165) is 40.7 Å². The second kappa shape index (κ2) is 5.98. The first-order valence-electron chi connectivity index (χ1n) is 8.18. The van der Waals surface area contributed by atoms with Gasteiger partial charge in [0, 0.05) is 5.57 Å². The van der Waals surface area contributed by atoms with E-state index in [1.807, 2.05) is 32.9 Å². The Morgan fingerprint density at radius 2 is 1.82 bits per heavy atom. The van der Waals surface area contributed by atoms with Crippen LogP contribution in [0, 0.1) is 5.92 Å². The van der Waals surface area contributed by atoms with Gasteiger partial charge in [0.25, 0.3) is 0 Å². The van der Waals surface area contributed by atoms with Crippen LogP contribution in [-0.4, -0.2) is 5.78 Å². The molecule has 0 aromatic heterocycles. The highest BCUT2D eigenvalue weighted by Crippen LogP contribution is 2.45. The van der Waals surface area contributed by atoms with Gasteiger partial charge in [-0.05, 0) is 74.6 Å². The number of carbonyl (C=O) groups excluding carboxylic acids is 1. The summed E-state index contributed by atoms with van der Waals surface area (Å²) < 4.78 is 14.5. The Labute approximate surface area is 133 Å². The second-order valence-corrected chi connectivity index (χ2v) is 7.30. The number of ketones is 1. The van der Waals surface area contributed by atoms with Gasteiger partial charge in [-0.15, -0.1) is 0 Å². The van der Waals surface area contributed by atoms with Crippen LogP contribution in [0.15, 0.2) is 23.8 Å². The summed E-state index contributed by atoms with van der Waals surface area (Å²) in [6, 6.07) is 5.97. The predicted molar refractivity (Wildman–Crippen MR) is 90.7 cm³/mol. The zero-order valence-corrected chi connectivity index (χ0v) is 14.6. The molecule has 120 valence electrons. The maximum atomic E-state index is 14.5. The van der Waals surface area contributed by atoms with Gasteiger partial charge in [-0.25, -0.2) is 4.39 Å². The molecule has 0 heterocycles. The molecule has 0 N–H and O–H groups in total. The lowest BCUT2D eigenvalue weighted by molar-refractivity contribution is -0.113. The average molecular weight is 302 g/mol. The van der Waals surface area contributed by atoms with E-state index in [1.165, 1.54) is 0 Å². The molecule has 0 spiro atoms. The van der Waals surface area contributed by atoms with Gasteiger partial charge in [-0.1, -0.05) is 32.0 Å². The Bertz CT molecular complexity index is 613. The van der Waals surface area contributed by atoms with Crippen LogP contribution in [0.2, 0.25) is 0 Å². The lowest BCUT2D eigenvalue weighted by Crippen LogP contribution is -2.13. The number of allylic oxidation sites excluding steroid dienone is 2. The molecule has 1 nitrogen and oxygen atoms in total. The van der Waals surface area contributed by atoms with Crippen molar-refractivity contribution in [3.8, 4) is 0 Å². The fourth-order valence-electron chi connectivity index (χ4n) is 3.33. The molecule has 0 amide bonds. The van der Waals surface area contributed by atoms with E-state index in [4.69, 9.17) is 0 Å². The predicted octanol–water partition coefficient (Wildman–Crippen LogP) is 5.79. The van der Waals surface area contributed by atoms with Crippen LogP contribution in [0.5, 0.6) is 0 Å². The molecule has 2 rings (SSSR count). The molecule has 1 aromatic rings. The summed E-state index contributed by atoms with van der Waals surface area (Å²) in [5, 5.41) is 0. The molecular weight excluding hydrogens is 275 g/mol. The summed E-state index contributed by atoms with van der Waals surface area (Å²) in [6.45, 7) is 10.9. The molecule has 22 heavy (non-hydrogen) atoms. The van der Waals surface area contributed by atoms with Gasteiger partial charge in [0.15, 0.2) is 5.78 Å². The van der Waals surface area contributed by atoms with Gasteiger partial charge in [-0.3, -0.25) is 4.79 Å². The molecule has 1 saturated carbocycles. The van der Waals surface area contributed by atoms with Gasteiger partial charge in [0.05, 0.1) is 0 Å². The van der Waals surface area contributed by atoms with Crippen molar-refractivity contribution in [2.45, 2.75) is 66.0 Å². The third-order valence-electron chi connectivity index (χ3n) is 4.50. The summed E-state index contributed by atoms with van der Waals surface area (Å²) in [5.41, 5.74) is 3.53. The number of Topliss-reactive ketones (excluding diaryl/α,β-unsaturated/α-hetero) is 1. The van der Waals surface area contributed by atoms with Crippen LogP contribution >= 0.6 is 0 Å². The second-order valence-electron chi connectivity index (χ2n) is 7.30. The van der Waals surface area contributed by atoms with Crippen molar-refractivity contribution in [3.63, 3.8) is 0 Å². The van der Waals surface area contributed by atoms with Gasteiger partial charge < -0.3 is 0 Å². The zero-order valence-electron chi connectivity index (χ0n) is 14.6. The normalized spacial score (nSPS) is 16.7. The van der Waals surface area contributed by atoms with Crippen LogP contribution < -0.4 is 0 Å². The third-order valence-corrected chi connectivity index (χ3v) is 4.50. The molecule has 0 bridgehead atoms. The van der Waals surface area contributed by atoms with Gasteiger partial charge in [0.1, 0.15) is 5.67 Å². The van der Waals surface area contributed by atoms with Crippen molar-refractivity contribution >= 4 is 11.4 Å². The summed E-state index contributed by atoms with van der Waals surface area (Å²) in [7, 11) is 0. The van der Waals surface area contributed by atoms with Crippen molar-refractivity contribution in [2.24, 2.45) is 5.92 Å². The highest BCUT2D eigenvalue weighted by molar-refractivity contribution is 6.01. The zero-order chi connectivity index (χ0) is 16.7. The first-order chi connectivity index (χ1) is 10.1. The Hall–Kier alpha value is -1.44. The van der Waals surface area contributed by atoms with E-state index >= 15 is 0 Å². The molecule has 1 fully saturated rings. The van der Waals surface area contributed by atoms with Crippen molar-refractivity contribution in [3.05, 3.63) is 40.5 Å². The summed E-state index contributed by atoms with van der Waals surface area (Å²) in [5.74, 6) is 0.798. The van der Waals surface area contributed by atoms with Gasteiger partial charge in [0.2, 0.25) is 0 Å². The lowest BCUT2D eigenvalue weighted by atomic mass is 9.86. The topological polar surface area (TPSA) is 17.1 Å². The fraction of sp³-hybridized carbons (Fsp3) is 0.550. The van der Waals surface area contributed by atoms with Crippen LogP contribution in [-0.2, 0) is 10.5 Å². The number of hydrogen-bond donors (Lipinski definition) is 0. The molecular formula is C20H27FO. The fourth-order valence-corrected chi connectivity index (χ4v) is 3.33. The Balaban J connectivity index is 2.56. The monoisotopic (exact) mass is 302 g/mol. The lowest BCUT2D eigenvalue weighted by Gasteiger charge is -2.21. The average Bonchev–Trinajstić information content (AvgIpc) is 3.20. The number of halogens is 1. The SMILES string of the molecule is CC(=O)C(=C(C)c1ccc(C(C)(C)F)c(C2CC2)c1)C(C)C. The van der Waals surface area contributed by atoms with Crippen LogP contribution in [0.4, 0.5) is 4.39 Å². The van der Waals surface area contributed by atoms with Crippen LogP contribution in [0.25, 0.3) is 5.57 Å². The molecule has 0 aliphatic heterocycles. The van der Waals surface area contributed by atoms with Crippen molar-refractivity contribution in [1.82, 2.24) is 0 Å². The smallest absolute Gasteiger partial charge is 0.156 e. The number of alkyl halides is 1. The number of rotatable bonds is 5. The molecule has 0 atom stereocenters. The van der Waals surface area contributed by atoms with E-state index < -0.39 is 5.67 Å². The van der Waals surface area contributed by atoms with E-state index in [1.54, 1.807) is 20.8 Å². The first kappa shape index (κ1) is 16.9. The van der Waals surface area contributed by atoms with Crippen molar-refractivity contribution in [1.29, 1.82) is 0 Å². The highest BCUT2D eigenvalue weighted by Gasteiger charge is 2.32. The van der Waals surface area contributed by atoms with E-state index in [0.29, 0.717) is 5.92 Å². The number of benzene rings is 1. The van der Waals surface area contributed by atoms with Gasteiger partial charge >= 0.3 is 0 Å². The first-order valence-corrected chi connectivity index (χ1v) is 8.18. The summed E-state index contributed by atoms with van der Waals surface area (Å²) in [6.07, 6.45) is 2.28. The molecule has 1 aliphatic carbocycles. The van der Waals surface area contributed by atoms with Crippen LogP contribution in [0.3, 0.4) is 0 Å². The standard InChI is InChI=1S/C20H27FO/c1-12(2)19(14(4)22)13(3)16-9-10-18(20(5,6)21)17(11-16)15-7-8-15/h9-12,15H,7-8H2,1-6H3. The minimum Gasteiger partial charge on any atom is -0.295 e. The third kappa shape index (κ3) is 3.48. The maximum absolute atomic E-state index is 14.5. The molecule has 0 saturated heterocycles. The number of hydrogen-bond acceptors (Lipinski definition) is 1. The summed E-state index contributed by atoms with van der Waals surface area (Å²) in [4.78, 5) is 11.9. The summed E-state index contributed by atoms with van der Waals surface area (Å²) >= 11 is 0. The van der Waals surface area contributed by atoms with Crippen molar-refractivity contribution < 1.29 is 9.18 Å². The minimum absolute atomic E-state index is 0.121. The molecule has 0 unspecified atom stereocenters. The Morgan fingerprint density at radius 1 is 1.23 bits per heavy atom. The van der Waals surface area contributed by atoms with Gasteiger partial charge in [-0.2, -0.15) is 0 Å². The Morgan fingerprint density at radius 3 is 2.23 bits per heavy atom. The van der Waals surface area contributed by atoms with E-state index in [-0.39, 0.29) is 11.7 Å². The highest BCUT2D eigenvalue weighted by atomic mass is 19.1. The molecule has 0 radical (unpaired) electrons. The van der Waals surface area contributed by atoms with E-state index in [9.17, 15) is 9.18 Å². The molecule has 1 aliphatic rings. The quantitative estimate of drug-likeness (QED) is 0.629. The largest absolute Gasteiger partial charge is 0.295 e. The molecule has 1 aromatic carbocycles. The van der Waals surface area contributed by atoms with Crippen molar-refractivity contribution in [2.75, 3.05) is 0 Å². The Kier molecular flexibility index (Phi) is 4.60. The minimum atomic E-state index is -1.32. The molecule has 2 heteroatoms. The number of carbonyl (C=O) groups is 1. The van der Waals surface area contributed by atoms with Crippen LogP contribution in [0.1, 0.15) is 77.0 Å². The maximum Gasteiger partial charge on any atom is 0.156 e.